The van der Waals surface area contributed by atoms with Gasteiger partial charge in [0.15, 0.2) is 0 Å². The fourth-order valence-electron chi connectivity index (χ4n) is 4.39. The number of aliphatic hydroxyl groups excluding tert-OH is 1. The lowest BCUT2D eigenvalue weighted by Crippen LogP contribution is -2.37. The number of anilines is 1. The molecule has 1 aliphatic heterocycles. The van der Waals surface area contributed by atoms with Gasteiger partial charge in [0, 0.05) is 25.0 Å². The van der Waals surface area contributed by atoms with Gasteiger partial charge in [0.2, 0.25) is 5.95 Å². The van der Waals surface area contributed by atoms with E-state index in [2.05, 4.69) is 9.97 Å². The van der Waals surface area contributed by atoms with Crippen LogP contribution in [0, 0.1) is 0 Å². The molecule has 4 atom stereocenters. The maximum absolute atomic E-state index is 12.6. The normalized spacial score (nSPS) is 27.7. The van der Waals surface area contributed by atoms with Gasteiger partial charge < -0.3 is 9.84 Å². The van der Waals surface area contributed by atoms with Crippen LogP contribution in [-0.4, -0.2) is 45.1 Å². The lowest BCUT2D eigenvalue weighted by atomic mass is 9.92. The molecule has 1 aromatic carbocycles. The molecule has 8 heteroatoms. The Kier molecular flexibility index (Phi) is 3.23. The van der Waals surface area contributed by atoms with Crippen molar-refractivity contribution < 1.29 is 24.2 Å². The zero-order valence-electron chi connectivity index (χ0n) is 14.3. The number of aliphatic hydroxyl groups is 1. The minimum absolute atomic E-state index is 0.00330. The van der Waals surface area contributed by atoms with Crippen LogP contribution in [0.2, 0.25) is 0 Å². The van der Waals surface area contributed by atoms with E-state index in [1.165, 1.54) is 6.92 Å². The van der Waals surface area contributed by atoms with E-state index in [0.717, 1.165) is 10.5 Å². The Labute approximate surface area is 153 Å². The molecular weight excluding hydrogens is 350 g/mol. The molecule has 136 valence electrons. The van der Waals surface area contributed by atoms with E-state index in [9.17, 15) is 19.5 Å². The quantitative estimate of drug-likeness (QED) is 0.628. The molecule has 1 aromatic heterocycles. The second kappa shape index (κ2) is 5.43. The first-order valence-corrected chi connectivity index (χ1v) is 8.67. The lowest BCUT2D eigenvalue weighted by Gasteiger charge is -2.28. The number of carbonyl (C=O) groups excluding carboxylic acids is 3. The number of aromatic nitrogens is 2. The molecule has 3 aliphatic rings. The van der Waals surface area contributed by atoms with Crippen molar-refractivity contribution in [2.24, 2.45) is 0 Å². The van der Waals surface area contributed by atoms with E-state index in [4.69, 9.17) is 4.74 Å². The number of rotatable bonds is 2. The molecule has 2 aliphatic carbocycles. The molecule has 2 bridgehead atoms. The number of carbonyl (C=O) groups is 3. The van der Waals surface area contributed by atoms with E-state index in [1.54, 1.807) is 30.5 Å². The smallest absolute Gasteiger partial charge is 0.303 e. The molecule has 0 radical (unpaired) electrons. The van der Waals surface area contributed by atoms with Crippen LogP contribution in [-0.2, 0) is 9.53 Å². The van der Waals surface area contributed by atoms with Crippen LogP contribution in [0.25, 0.3) is 0 Å². The number of amides is 2. The van der Waals surface area contributed by atoms with E-state index in [0.29, 0.717) is 23.2 Å². The monoisotopic (exact) mass is 365 g/mol. The van der Waals surface area contributed by atoms with Crippen LogP contribution in [0.1, 0.15) is 57.2 Å². The Morgan fingerprint density at radius 3 is 2.48 bits per heavy atom. The molecule has 27 heavy (non-hydrogen) atoms. The van der Waals surface area contributed by atoms with Crippen molar-refractivity contribution in [3.05, 3.63) is 52.8 Å². The minimum Gasteiger partial charge on any atom is -0.459 e. The van der Waals surface area contributed by atoms with Crippen molar-refractivity contribution >= 4 is 23.7 Å². The Balaban J connectivity index is 1.54. The van der Waals surface area contributed by atoms with Gasteiger partial charge in [-0.2, -0.15) is 0 Å². The molecule has 1 saturated carbocycles. The number of hydrogen-bond donors (Lipinski definition) is 1. The summed E-state index contributed by atoms with van der Waals surface area (Å²) in [7, 11) is 0. The Morgan fingerprint density at radius 2 is 1.85 bits per heavy atom. The zero-order chi connectivity index (χ0) is 18.9. The average Bonchev–Trinajstić information content (AvgIpc) is 3.25. The summed E-state index contributed by atoms with van der Waals surface area (Å²) in [6, 6.07) is 6.58. The topological polar surface area (TPSA) is 110 Å². The van der Waals surface area contributed by atoms with Gasteiger partial charge in [-0.15, -0.1) is 0 Å². The molecule has 5 rings (SSSR count). The van der Waals surface area contributed by atoms with Crippen LogP contribution in [0.15, 0.2) is 30.5 Å². The van der Waals surface area contributed by atoms with Gasteiger partial charge in [-0.25, -0.2) is 14.9 Å². The summed E-state index contributed by atoms with van der Waals surface area (Å²) < 4.78 is 5.28. The number of benzene rings is 1. The second-order valence-electron chi connectivity index (χ2n) is 7.02. The van der Waals surface area contributed by atoms with Crippen molar-refractivity contribution in [2.75, 3.05) is 4.90 Å². The van der Waals surface area contributed by atoms with Gasteiger partial charge >= 0.3 is 5.97 Å². The molecule has 2 amide bonds. The van der Waals surface area contributed by atoms with Gasteiger partial charge in [0.1, 0.15) is 6.10 Å². The molecule has 0 spiro atoms. The summed E-state index contributed by atoms with van der Waals surface area (Å²) in [6.07, 6.45) is 0.665. The molecule has 1 fully saturated rings. The van der Waals surface area contributed by atoms with Gasteiger partial charge in [0.05, 0.1) is 22.9 Å². The fraction of sp³-hybridized carbons (Fsp3) is 0.316. The first-order chi connectivity index (χ1) is 13.0. The van der Waals surface area contributed by atoms with E-state index in [-0.39, 0.29) is 17.8 Å². The van der Waals surface area contributed by atoms with Gasteiger partial charge in [-0.1, -0.05) is 12.1 Å². The van der Waals surface area contributed by atoms with Crippen LogP contribution in [0.4, 0.5) is 5.95 Å². The number of fused-ring (bicyclic) bond motifs is 6. The molecule has 1 N–H and O–H groups in total. The highest BCUT2D eigenvalue weighted by atomic mass is 16.6. The van der Waals surface area contributed by atoms with Crippen LogP contribution >= 0.6 is 0 Å². The standard InChI is InChI=1S/C19H15N3O5/c1-8(23)27-16-12-6-11(15(16)24)13-7-20-19(21-14(12)13)22-17(25)9-4-2-3-5-10(9)18(22)26/h2-5,7,11-12,15-16,24H,6H2,1H3/t11-,12+,15-,16+/m0/s1. The largest absolute Gasteiger partial charge is 0.459 e. The molecule has 0 unspecified atom stereocenters. The number of imide groups is 1. The van der Waals surface area contributed by atoms with Crippen molar-refractivity contribution in [3.63, 3.8) is 0 Å². The number of esters is 1. The third kappa shape index (κ3) is 2.10. The zero-order valence-corrected chi connectivity index (χ0v) is 14.3. The number of nitrogens with zero attached hydrogens (tertiary/aromatic N) is 3. The Bertz CT molecular complexity index is 985. The highest BCUT2D eigenvalue weighted by Crippen LogP contribution is 2.53. The highest BCUT2D eigenvalue weighted by Gasteiger charge is 2.54. The third-order valence-corrected chi connectivity index (χ3v) is 5.54. The lowest BCUT2D eigenvalue weighted by molar-refractivity contribution is -0.152. The van der Waals surface area contributed by atoms with Crippen LogP contribution in [0.3, 0.4) is 0 Å². The summed E-state index contributed by atoms with van der Waals surface area (Å²) in [5.74, 6) is -1.89. The Morgan fingerprint density at radius 1 is 1.19 bits per heavy atom. The van der Waals surface area contributed by atoms with Gasteiger partial charge in [0.25, 0.3) is 11.8 Å². The van der Waals surface area contributed by atoms with E-state index >= 15 is 0 Å². The first-order valence-electron chi connectivity index (χ1n) is 8.67. The summed E-state index contributed by atoms with van der Waals surface area (Å²) in [6.45, 7) is 1.30. The predicted molar refractivity (Wildman–Crippen MR) is 91.3 cm³/mol. The molecular formula is C19H15N3O5. The maximum Gasteiger partial charge on any atom is 0.303 e. The van der Waals surface area contributed by atoms with Gasteiger partial charge in [-0.05, 0) is 24.1 Å². The maximum atomic E-state index is 12.6. The van der Waals surface area contributed by atoms with E-state index < -0.39 is 30.0 Å². The summed E-state index contributed by atoms with van der Waals surface area (Å²) in [4.78, 5) is 46.3. The summed E-state index contributed by atoms with van der Waals surface area (Å²) in [5, 5.41) is 10.4. The minimum atomic E-state index is -0.805. The second-order valence-corrected chi connectivity index (χ2v) is 7.02. The van der Waals surface area contributed by atoms with Crippen molar-refractivity contribution in [1.82, 2.24) is 9.97 Å². The van der Waals surface area contributed by atoms with Gasteiger partial charge in [-0.3, -0.25) is 14.4 Å². The fourth-order valence-corrected chi connectivity index (χ4v) is 4.39. The summed E-state index contributed by atoms with van der Waals surface area (Å²) >= 11 is 0. The predicted octanol–water partition coefficient (Wildman–Crippen LogP) is 1.15. The van der Waals surface area contributed by atoms with Crippen LogP contribution < -0.4 is 4.90 Å². The van der Waals surface area contributed by atoms with Crippen molar-refractivity contribution in [3.8, 4) is 0 Å². The van der Waals surface area contributed by atoms with Crippen LogP contribution in [0.5, 0.6) is 0 Å². The van der Waals surface area contributed by atoms with Crippen molar-refractivity contribution in [2.45, 2.75) is 37.4 Å². The molecule has 2 heterocycles. The van der Waals surface area contributed by atoms with E-state index in [1.807, 2.05) is 0 Å². The summed E-state index contributed by atoms with van der Waals surface area (Å²) in [5.41, 5.74) is 2.04. The first kappa shape index (κ1) is 16.1. The molecule has 8 nitrogen and oxygen atoms in total. The third-order valence-electron chi connectivity index (χ3n) is 5.54. The molecule has 0 saturated heterocycles. The molecule has 2 aromatic rings. The van der Waals surface area contributed by atoms with Crippen molar-refractivity contribution in [1.29, 1.82) is 0 Å². The Hall–Kier alpha value is -3.13. The average molecular weight is 365 g/mol. The highest BCUT2D eigenvalue weighted by molar-refractivity contribution is 6.33. The number of hydrogen-bond acceptors (Lipinski definition) is 7. The SMILES string of the molecule is CC(=O)O[C@H]1[C@@H](O)[C@H]2C[C@@H]1c1nc(N3C(=O)c4ccccc4C3=O)ncc12. The number of ether oxygens (including phenoxy) is 1.